The Hall–Kier alpha value is 0.260. The summed E-state index contributed by atoms with van der Waals surface area (Å²) in [5.41, 5.74) is -0.925. The van der Waals surface area contributed by atoms with Crippen LogP contribution < -0.4 is 0 Å². The maximum absolute atomic E-state index is 12.9. The van der Waals surface area contributed by atoms with Crippen molar-refractivity contribution in [1.29, 1.82) is 0 Å². The maximum Gasteiger partial charge on any atom is 0.386 e. The van der Waals surface area contributed by atoms with Gasteiger partial charge in [-0.3, -0.25) is 9.05 Å². The van der Waals surface area contributed by atoms with E-state index in [1.807, 2.05) is 41.5 Å². The van der Waals surface area contributed by atoms with Crippen LogP contribution in [0, 0.1) is 0 Å². The molecule has 0 saturated carbocycles. The summed E-state index contributed by atoms with van der Waals surface area (Å²) in [5, 5.41) is 20.8. The largest absolute Gasteiger partial charge is 0.388 e. The predicted molar refractivity (Wildman–Crippen MR) is 118 cm³/mol. The van der Waals surface area contributed by atoms with E-state index < -0.39 is 66.8 Å². The Bertz CT molecular complexity index is 635. The lowest BCUT2D eigenvalue weighted by atomic mass is 10.1. The molecule has 2 aliphatic heterocycles. The Morgan fingerprint density at radius 1 is 0.871 bits per heavy atom. The summed E-state index contributed by atoms with van der Waals surface area (Å²) in [6, 6.07) is 0. The minimum absolute atomic E-state index is 0.153. The maximum atomic E-state index is 12.9. The van der Waals surface area contributed by atoms with Crippen LogP contribution in [0.15, 0.2) is 0 Å². The first kappa shape index (κ1) is 27.5. The van der Waals surface area contributed by atoms with Crippen LogP contribution >= 0.6 is 19.0 Å². The van der Waals surface area contributed by atoms with Crippen molar-refractivity contribution in [2.24, 2.45) is 0 Å². The second-order valence-electron chi connectivity index (χ2n) is 10.2. The molecule has 9 atom stereocenters. The van der Waals surface area contributed by atoms with Crippen molar-refractivity contribution in [2.75, 3.05) is 13.2 Å². The van der Waals surface area contributed by atoms with Gasteiger partial charge in [-0.2, -0.15) is 0 Å². The first-order chi connectivity index (χ1) is 14.0. The fourth-order valence-corrected chi connectivity index (χ4v) is 4.97. The average Bonchev–Trinajstić information content (AvgIpc) is 3.01. The molecule has 0 aromatic rings. The Morgan fingerprint density at radius 2 is 1.35 bits per heavy atom. The molecule has 2 heterocycles. The number of aliphatic hydroxyl groups is 2. The molecule has 0 spiro atoms. The van der Waals surface area contributed by atoms with Crippen LogP contribution in [0.2, 0.25) is 0 Å². The van der Waals surface area contributed by atoms with Gasteiger partial charge >= 0.3 is 6.80 Å². The third kappa shape index (κ3) is 8.21. The highest BCUT2D eigenvalue weighted by atomic mass is 32.7. The smallest absolute Gasteiger partial charge is 0.386 e. The van der Waals surface area contributed by atoms with Gasteiger partial charge in [0.15, 0.2) is 0 Å². The summed E-state index contributed by atoms with van der Waals surface area (Å²) < 4.78 is 47.1. The van der Waals surface area contributed by atoms with Crippen molar-refractivity contribution in [3.05, 3.63) is 0 Å². The number of thiol groups is 1. The molecule has 184 valence electrons. The fourth-order valence-electron chi connectivity index (χ4n) is 3.48. The first-order valence-corrected chi connectivity index (χ1v) is 13.3. The summed E-state index contributed by atoms with van der Waals surface area (Å²) in [6.45, 7) is 10.8. The van der Waals surface area contributed by atoms with Crippen LogP contribution in [0.25, 0.3) is 0 Å². The lowest BCUT2D eigenvalue weighted by molar-refractivity contribution is -0.119. The van der Waals surface area contributed by atoms with Gasteiger partial charge in [0.25, 0.3) is 0 Å². The number of ether oxygens (including phenoxy) is 4. The van der Waals surface area contributed by atoms with Gasteiger partial charge in [0.2, 0.25) is 0 Å². The Labute approximate surface area is 190 Å². The van der Waals surface area contributed by atoms with Crippen LogP contribution in [0.5, 0.6) is 0 Å². The monoisotopic (exact) mass is 486 g/mol. The van der Waals surface area contributed by atoms with E-state index in [4.69, 9.17) is 28.0 Å². The highest BCUT2D eigenvalue weighted by Gasteiger charge is 2.48. The van der Waals surface area contributed by atoms with E-state index in [2.05, 4.69) is 12.2 Å². The summed E-state index contributed by atoms with van der Waals surface area (Å²) >= 11 is 4.08. The second kappa shape index (κ2) is 10.3. The van der Waals surface area contributed by atoms with E-state index in [0.29, 0.717) is 0 Å². The second-order valence-corrected chi connectivity index (χ2v) is 13.1. The van der Waals surface area contributed by atoms with Crippen molar-refractivity contribution in [3.63, 3.8) is 0 Å². The van der Waals surface area contributed by atoms with Crippen molar-refractivity contribution in [1.82, 2.24) is 0 Å². The molecule has 2 aliphatic rings. The van der Waals surface area contributed by atoms with E-state index >= 15 is 0 Å². The number of rotatable bonds is 8. The molecule has 11 heteroatoms. The average molecular weight is 487 g/mol. The van der Waals surface area contributed by atoms with Gasteiger partial charge in [0.05, 0.1) is 36.6 Å². The molecule has 0 amide bonds. The Kier molecular flexibility index (Phi) is 9.10. The Balaban J connectivity index is 2.00. The molecule has 31 heavy (non-hydrogen) atoms. The van der Waals surface area contributed by atoms with E-state index in [0.717, 1.165) is 0 Å². The predicted octanol–water partition coefficient (Wildman–Crippen LogP) is 2.72. The zero-order chi connectivity index (χ0) is 23.8. The van der Waals surface area contributed by atoms with Crippen molar-refractivity contribution in [3.8, 4) is 0 Å². The van der Waals surface area contributed by atoms with Gasteiger partial charge in [-0.1, -0.05) is 12.2 Å². The lowest BCUT2D eigenvalue weighted by Crippen LogP contribution is -2.42. The van der Waals surface area contributed by atoms with Gasteiger partial charge in [0, 0.05) is 0 Å². The molecular formula is C20H39O9PS. The highest BCUT2D eigenvalue weighted by Crippen LogP contribution is 2.56. The molecule has 2 fully saturated rings. The number of hydrogen-bond donors (Lipinski definition) is 3. The van der Waals surface area contributed by atoms with E-state index in [-0.39, 0.29) is 13.2 Å². The molecule has 0 radical (unpaired) electrons. The third-order valence-electron chi connectivity index (χ3n) is 4.97. The van der Waals surface area contributed by atoms with Gasteiger partial charge in [-0.15, -0.1) is 0 Å². The SMILES string of the molecule is C[C@@H]1O[C@H](COP(=O)(S)O[C@@H]2C(O)[C@H](C)O[C@@H]2COC(C)(C)C)[C@H](OC(C)(C)C)C1O. The van der Waals surface area contributed by atoms with Gasteiger partial charge < -0.3 is 29.2 Å². The van der Waals surface area contributed by atoms with Crippen LogP contribution in [-0.4, -0.2) is 83.5 Å². The summed E-state index contributed by atoms with van der Waals surface area (Å²) in [5.74, 6) is 0. The molecule has 0 aromatic carbocycles. The van der Waals surface area contributed by atoms with Gasteiger partial charge in [0.1, 0.15) is 36.6 Å². The van der Waals surface area contributed by atoms with Crippen molar-refractivity contribution in [2.45, 2.75) is 115 Å². The summed E-state index contributed by atoms with van der Waals surface area (Å²) in [6.07, 6.45) is -5.73. The third-order valence-corrected chi connectivity index (χ3v) is 6.59. The zero-order valence-electron chi connectivity index (χ0n) is 19.7. The van der Waals surface area contributed by atoms with E-state index in [1.54, 1.807) is 13.8 Å². The molecule has 0 aliphatic carbocycles. The standard InChI is InChI=1S/C20H39O9PS/c1-11-15(21)17(28-20(6,7)8)14(27-11)10-25-30(23,31)29-18-13(9-24-19(3,4)5)26-12(2)16(18)22/h11-18,21-22H,9-10H2,1-8H3,(H,23,31)/t11-,12-,13+,14+,15?,16?,17-,18-,30?/m0/s1. The van der Waals surface area contributed by atoms with Gasteiger partial charge in [-0.25, -0.2) is 4.57 Å². The number of aliphatic hydroxyl groups excluding tert-OH is 2. The van der Waals surface area contributed by atoms with E-state index in [1.165, 1.54) is 0 Å². The highest BCUT2D eigenvalue weighted by molar-refractivity contribution is 8.44. The van der Waals surface area contributed by atoms with Crippen molar-refractivity contribution < 1.29 is 42.8 Å². The lowest BCUT2D eigenvalue weighted by Gasteiger charge is -2.30. The molecule has 0 aromatic heterocycles. The van der Waals surface area contributed by atoms with Gasteiger partial charge in [-0.05, 0) is 55.4 Å². The topological polar surface area (TPSA) is 113 Å². The number of hydrogen-bond acceptors (Lipinski definition) is 9. The summed E-state index contributed by atoms with van der Waals surface area (Å²) in [4.78, 5) is 0. The van der Waals surface area contributed by atoms with Crippen LogP contribution in [0.1, 0.15) is 55.4 Å². The normalized spacial score (nSPS) is 39.1. The molecule has 3 unspecified atom stereocenters. The zero-order valence-corrected chi connectivity index (χ0v) is 21.5. The Morgan fingerprint density at radius 3 is 1.84 bits per heavy atom. The quantitative estimate of drug-likeness (QED) is 0.352. The van der Waals surface area contributed by atoms with Crippen molar-refractivity contribution >= 4 is 19.0 Å². The minimum Gasteiger partial charge on any atom is -0.388 e. The molecular weight excluding hydrogens is 447 g/mol. The van der Waals surface area contributed by atoms with Crippen LogP contribution in [0.3, 0.4) is 0 Å². The first-order valence-electron chi connectivity index (χ1n) is 10.6. The molecule has 2 rings (SSSR count). The molecule has 9 nitrogen and oxygen atoms in total. The van der Waals surface area contributed by atoms with Crippen LogP contribution in [-0.2, 0) is 32.6 Å². The van der Waals surface area contributed by atoms with Crippen LogP contribution in [0.4, 0.5) is 0 Å². The minimum atomic E-state index is -3.90. The molecule has 2 saturated heterocycles. The van der Waals surface area contributed by atoms with E-state index in [9.17, 15) is 14.8 Å². The molecule has 2 N–H and O–H groups in total. The molecule has 0 bridgehead atoms. The summed E-state index contributed by atoms with van der Waals surface area (Å²) in [7, 11) is 0. The fraction of sp³-hybridized carbons (Fsp3) is 1.00.